The van der Waals surface area contributed by atoms with E-state index in [1.807, 2.05) is 11.3 Å². The van der Waals surface area contributed by atoms with Crippen molar-refractivity contribution in [2.75, 3.05) is 7.05 Å². The van der Waals surface area contributed by atoms with Gasteiger partial charge in [-0.05, 0) is 55.9 Å². The third-order valence-corrected chi connectivity index (χ3v) is 10.9. The van der Waals surface area contributed by atoms with Crippen molar-refractivity contribution in [1.82, 2.24) is 14.8 Å². The molecule has 3 unspecified atom stereocenters. The predicted molar refractivity (Wildman–Crippen MR) is 190 cm³/mol. The smallest absolute Gasteiger partial charge is 0.151 e. The molecule has 0 fully saturated rings. The van der Waals surface area contributed by atoms with E-state index < -0.39 is 0 Å². The Morgan fingerprint density at radius 3 is 2.58 bits per heavy atom. The number of likely N-dealkylation sites (N-methyl/N-ethyl adjacent to an activating group) is 1. The maximum absolute atomic E-state index is 5.25. The average molecular weight is 606 g/mol. The highest BCUT2D eigenvalue weighted by Crippen LogP contribution is 2.42. The molecule has 0 saturated carbocycles. The molecule has 0 saturated heterocycles. The number of nitrogens with zero attached hydrogens (tertiary/aromatic N) is 4. The number of aliphatic imine (C=N–C) groups is 2. The minimum atomic E-state index is -0.167. The minimum Gasteiger partial charge on any atom is -0.367 e. The van der Waals surface area contributed by atoms with Gasteiger partial charge in [0.15, 0.2) is 6.17 Å². The summed E-state index contributed by atoms with van der Waals surface area (Å²) in [6.07, 6.45) is 30.0. The number of dihydropyridines is 1. The zero-order valence-electron chi connectivity index (χ0n) is 25.4. The quantitative estimate of drug-likeness (QED) is 0.253. The van der Waals surface area contributed by atoms with Crippen molar-refractivity contribution in [2.45, 2.75) is 44.4 Å². The number of fused-ring (bicyclic) bond motifs is 6. The molecule has 0 amide bonds. The number of hydrogen-bond donors (Lipinski definition) is 1. The number of benzene rings is 2. The van der Waals surface area contributed by atoms with Gasteiger partial charge in [-0.15, -0.1) is 11.3 Å². The molecular weight excluding hydrogens is 571 g/mol. The lowest BCUT2D eigenvalue weighted by molar-refractivity contribution is 0.412. The Labute approximate surface area is 267 Å². The third kappa shape index (κ3) is 4.42. The summed E-state index contributed by atoms with van der Waals surface area (Å²) in [6, 6.07) is 15.4. The van der Waals surface area contributed by atoms with E-state index in [1.54, 1.807) is 0 Å². The first kappa shape index (κ1) is 26.7. The van der Waals surface area contributed by atoms with Gasteiger partial charge in [-0.1, -0.05) is 85.0 Å². The fourth-order valence-electron chi connectivity index (χ4n) is 7.47. The van der Waals surface area contributed by atoms with E-state index in [4.69, 9.17) is 9.98 Å². The molecule has 2 aromatic heterocycles. The highest BCUT2D eigenvalue weighted by atomic mass is 32.1. The van der Waals surface area contributed by atoms with Crippen LogP contribution in [0.15, 0.2) is 113 Å². The Balaban J connectivity index is 1.09. The normalized spacial score (nSPS) is 23.5. The number of amidine groups is 2. The Morgan fingerprint density at radius 1 is 0.889 bits per heavy atom. The molecule has 3 aliphatic carbocycles. The van der Waals surface area contributed by atoms with Crippen LogP contribution in [0.3, 0.4) is 0 Å². The number of allylic oxidation sites excluding steroid dienone is 5. The summed E-state index contributed by atoms with van der Waals surface area (Å²) in [5.74, 6) is 2.03. The first-order valence-corrected chi connectivity index (χ1v) is 16.9. The SMILES string of the molecule is CN1C(c2ccccc2)=NC(C2C=CC=CC2)=NC1C1=CNC(n2c3c(c4cc5c6c(sc5cc42)CCC=C6)C=CCC3)C=C1. The number of aromatic nitrogens is 1. The molecule has 2 aromatic carbocycles. The van der Waals surface area contributed by atoms with Crippen LogP contribution in [-0.2, 0) is 12.8 Å². The summed E-state index contributed by atoms with van der Waals surface area (Å²) in [5.41, 5.74) is 7.78. The van der Waals surface area contributed by atoms with Crippen molar-refractivity contribution in [3.8, 4) is 0 Å². The first-order valence-electron chi connectivity index (χ1n) is 16.1. The molecule has 0 spiro atoms. The molecule has 222 valence electrons. The van der Waals surface area contributed by atoms with Gasteiger partial charge in [0.25, 0.3) is 0 Å². The van der Waals surface area contributed by atoms with Crippen molar-refractivity contribution in [3.63, 3.8) is 0 Å². The Morgan fingerprint density at radius 2 is 1.76 bits per heavy atom. The minimum absolute atomic E-state index is 0.0319. The summed E-state index contributed by atoms with van der Waals surface area (Å²) < 4.78 is 3.93. The summed E-state index contributed by atoms with van der Waals surface area (Å²) in [6.45, 7) is 0. The van der Waals surface area contributed by atoms with E-state index in [-0.39, 0.29) is 18.2 Å². The molecule has 0 bridgehead atoms. The van der Waals surface area contributed by atoms with Crippen LogP contribution in [0.25, 0.3) is 33.1 Å². The van der Waals surface area contributed by atoms with Crippen LogP contribution in [0.2, 0.25) is 0 Å². The molecule has 5 nitrogen and oxygen atoms in total. The largest absolute Gasteiger partial charge is 0.367 e. The maximum atomic E-state index is 5.25. The first-order chi connectivity index (χ1) is 22.2. The van der Waals surface area contributed by atoms with E-state index in [2.05, 4.69) is 131 Å². The van der Waals surface area contributed by atoms with Crippen molar-refractivity contribution < 1.29 is 0 Å². The monoisotopic (exact) mass is 605 g/mol. The molecule has 5 aliphatic rings. The van der Waals surface area contributed by atoms with Gasteiger partial charge >= 0.3 is 0 Å². The molecule has 45 heavy (non-hydrogen) atoms. The van der Waals surface area contributed by atoms with Crippen LogP contribution < -0.4 is 5.32 Å². The number of nitrogens with one attached hydrogen (secondary N) is 1. The Kier molecular flexibility index (Phi) is 6.37. The van der Waals surface area contributed by atoms with Crippen molar-refractivity contribution in [2.24, 2.45) is 15.9 Å². The van der Waals surface area contributed by atoms with E-state index in [9.17, 15) is 0 Å². The predicted octanol–water partition coefficient (Wildman–Crippen LogP) is 8.57. The second kappa shape index (κ2) is 10.7. The molecule has 0 radical (unpaired) electrons. The number of rotatable bonds is 4. The van der Waals surface area contributed by atoms with Gasteiger partial charge in [0.1, 0.15) is 17.8 Å². The van der Waals surface area contributed by atoms with Crippen molar-refractivity contribution >= 4 is 56.1 Å². The zero-order valence-corrected chi connectivity index (χ0v) is 26.2. The highest BCUT2D eigenvalue weighted by molar-refractivity contribution is 7.19. The summed E-state index contributed by atoms with van der Waals surface area (Å²) in [4.78, 5) is 14.1. The molecule has 6 heteroatoms. The van der Waals surface area contributed by atoms with E-state index in [1.165, 1.54) is 42.7 Å². The van der Waals surface area contributed by atoms with Gasteiger partial charge in [-0.3, -0.25) is 0 Å². The molecule has 3 atom stereocenters. The molecule has 1 N–H and O–H groups in total. The zero-order chi connectivity index (χ0) is 29.9. The van der Waals surface area contributed by atoms with Gasteiger partial charge in [0, 0.05) is 61.9 Å². The number of hydrogen-bond acceptors (Lipinski definition) is 5. The third-order valence-electron chi connectivity index (χ3n) is 9.72. The maximum Gasteiger partial charge on any atom is 0.151 e. The topological polar surface area (TPSA) is 44.9 Å². The van der Waals surface area contributed by atoms with E-state index in [0.717, 1.165) is 54.9 Å². The Hall–Kier alpha value is -4.68. The van der Waals surface area contributed by atoms with Gasteiger partial charge in [0.2, 0.25) is 0 Å². The van der Waals surface area contributed by atoms with Gasteiger partial charge in [-0.25, -0.2) is 9.98 Å². The summed E-state index contributed by atoms with van der Waals surface area (Å²) in [5, 5.41) is 6.56. The van der Waals surface area contributed by atoms with E-state index in [0.29, 0.717) is 0 Å². The second-order valence-electron chi connectivity index (χ2n) is 12.5. The van der Waals surface area contributed by atoms with Crippen LogP contribution >= 0.6 is 11.3 Å². The fourth-order valence-corrected chi connectivity index (χ4v) is 8.69. The van der Waals surface area contributed by atoms with Crippen molar-refractivity contribution in [1.29, 1.82) is 0 Å². The summed E-state index contributed by atoms with van der Waals surface area (Å²) in [7, 11) is 2.11. The number of thiophene rings is 1. The second-order valence-corrected chi connectivity index (χ2v) is 13.6. The fraction of sp³-hybridized carbons (Fsp3) is 0.231. The van der Waals surface area contributed by atoms with Crippen LogP contribution in [0.1, 0.15) is 52.7 Å². The molecule has 4 heterocycles. The Bertz CT molecular complexity index is 2090. The van der Waals surface area contributed by atoms with E-state index >= 15 is 0 Å². The lowest BCUT2D eigenvalue weighted by Crippen LogP contribution is -2.43. The molecule has 4 aromatic rings. The van der Waals surface area contributed by atoms with Gasteiger partial charge in [-0.2, -0.15) is 0 Å². The highest BCUT2D eigenvalue weighted by Gasteiger charge is 2.31. The molecule has 9 rings (SSSR count). The van der Waals surface area contributed by atoms with Crippen LogP contribution in [0.4, 0.5) is 0 Å². The summed E-state index contributed by atoms with van der Waals surface area (Å²) >= 11 is 1.97. The lowest BCUT2D eigenvalue weighted by Gasteiger charge is -2.35. The lowest BCUT2D eigenvalue weighted by atomic mass is 9.98. The van der Waals surface area contributed by atoms with Crippen LogP contribution in [0.5, 0.6) is 0 Å². The van der Waals surface area contributed by atoms with Crippen LogP contribution in [0, 0.1) is 5.92 Å². The van der Waals surface area contributed by atoms with Gasteiger partial charge < -0.3 is 14.8 Å². The van der Waals surface area contributed by atoms with Crippen LogP contribution in [-0.4, -0.2) is 34.4 Å². The van der Waals surface area contributed by atoms with Crippen molar-refractivity contribution in [3.05, 3.63) is 130 Å². The van der Waals surface area contributed by atoms with Gasteiger partial charge in [0.05, 0.1) is 5.52 Å². The molecule has 2 aliphatic heterocycles. The average Bonchev–Trinajstić information content (AvgIpc) is 3.63. The number of aryl methyl sites for hydroxylation is 1. The standard InChI is InChI=1S/C39H35N5S/c1-43-38(26-14-6-3-7-15-26)41-37(25-12-4-2-5-13-25)42-39(43)27-20-21-36(40-24-27)44-32-18-10-8-16-28(32)30-22-31-29-17-9-11-19-34(29)45-35(31)23-33(30)44/h2-9,12,14-17,20-25,36,39-40H,10-11,13,18-19H2,1H3. The molecular formula is C39H35N5S.